The maximum absolute atomic E-state index is 12.7. The molecule has 0 N–H and O–H groups in total. The van der Waals surface area contributed by atoms with E-state index >= 15 is 0 Å². The van der Waals surface area contributed by atoms with E-state index in [2.05, 4.69) is 0 Å². The van der Waals surface area contributed by atoms with Gasteiger partial charge in [-0.3, -0.25) is 0 Å². The largest absolute Gasteiger partial charge is 0.347 e. The molecule has 68 valence electrons. The number of halogens is 2. The van der Waals surface area contributed by atoms with E-state index in [0.717, 1.165) is 0 Å². The molecule has 1 unspecified atom stereocenters. The lowest BCUT2D eigenvalue weighted by molar-refractivity contribution is 0.0334. The fourth-order valence-electron chi connectivity index (χ4n) is 0.603. The number of rotatable bonds is 3. The van der Waals surface area contributed by atoms with Gasteiger partial charge in [-0.1, -0.05) is 13.8 Å². The van der Waals surface area contributed by atoms with Crippen LogP contribution in [0.4, 0.5) is 8.78 Å². The summed E-state index contributed by atoms with van der Waals surface area (Å²) in [6, 6.07) is 0. The Kier molecular flexibility index (Phi) is 2.99. The van der Waals surface area contributed by atoms with Gasteiger partial charge in [-0.2, -0.15) is 8.78 Å². The maximum Gasteiger partial charge on any atom is 0.347 e. The molecule has 2 nitrogen and oxygen atoms in total. The lowest BCUT2D eigenvalue weighted by Gasteiger charge is -2.19. The molecule has 0 aromatic carbocycles. The zero-order chi connectivity index (χ0) is 9.28. The second kappa shape index (κ2) is 3.05. The summed E-state index contributed by atoms with van der Waals surface area (Å²) in [6.45, 7) is 2.75. The Bertz CT molecular complexity index is 221. The Hall–Kier alpha value is -0.190. The highest BCUT2D eigenvalue weighted by molar-refractivity contribution is 7.91. The second-order valence-electron chi connectivity index (χ2n) is 2.64. The first-order valence-electron chi connectivity index (χ1n) is 3.31. The Balaban J connectivity index is 4.74. The van der Waals surface area contributed by atoms with Gasteiger partial charge in [0.15, 0.2) is 0 Å². The molecule has 0 rings (SSSR count). The SMILES string of the molecule is CCC(C)C(F)(F)S(C)(=O)=O. The topological polar surface area (TPSA) is 34.1 Å². The van der Waals surface area contributed by atoms with Crippen LogP contribution < -0.4 is 0 Å². The molecule has 11 heavy (non-hydrogen) atoms. The van der Waals surface area contributed by atoms with E-state index in [1.807, 2.05) is 0 Å². The Morgan fingerprint density at radius 3 is 1.91 bits per heavy atom. The molecule has 0 saturated heterocycles. The molecular formula is C6H12F2O2S. The van der Waals surface area contributed by atoms with Crippen molar-refractivity contribution in [2.45, 2.75) is 25.5 Å². The zero-order valence-corrected chi connectivity index (χ0v) is 7.58. The molecule has 0 radical (unpaired) electrons. The zero-order valence-electron chi connectivity index (χ0n) is 6.77. The summed E-state index contributed by atoms with van der Waals surface area (Å²) in [5, 5.41) is -3.58. The van der Waals surface area contributed by atoms with Crippen molar-refractivity contribution >= 4 is 9.84 Å². The molecule has 0 heterocycles. The molecule has 0 aliphatic rings. The number of alkyl halides is 2. The fraction of sp³-hybridized carbons (Fsp3) is 1.00. The predicted octanol–water partition coefficient (Wildman–Crippen LogP) is 1.67. The van der Waals surface area contributed by atoms with Crippen molar-refractivity contribution in [1.82, 2.24) is 0 Å². The van der Waals surface area contributed by atoms with Gasteiger partial charge < -0.3 is 0 Å². The first-order chi connectivity index (χ1) is 4.73. The van der Waals surface area contributed by atoms with E-state index in [0.29, 0.717) is 6.26 Å². The Morgan fingerprint density at radius 2 is 1.82 bits per heavy atom. The van der Waals surface area contributed by atoms with Crippen molar-refractivity contribution in [1.29, 1.82) is 0 Å². The highest BCUT2D eigenvalue weighted by Crippen LogP contribution is 2.31. The summed E-state index contributed by atoms with van der Waals surface area (Å²) in [4.78, 5) is 0. The van der Waals surface area contributed by atoms with E-state index in [9.17, 15) is 17.2 Å². The third-order valence-electron chi connectivity index (χ3n) is 1.68. The number of sulfone groups is 1. The van der Waals surface area contributed by atoms with E-state index in [-0.39, 0.29) is 6.42 Å². The second-order valence-corrected chi connectivity index (χ2v) is 4.73. The highest BCUT2D eigenvalue weighted by Gasteiger charge is 2.45. The van der Waals surface area contributed by atoms with Gasteiger partial charge in [0.05, 0.1) is 0 Å². The van der Waals surface area contributed by atoms with Crippen molar-refractivity contribution in [2.24, 2.45) is 5.92 Å². The summed E-state index contributed by atoms with van der Waals surface area (Å²) >= 11 is 0. The van der Waals surface area contributed by atoms with Crippen LogP contribution in [0, 0.1) is 5.92 Å². The predicted molar refractivity (Wildman–Crippen MR) is 39.2 cm³/mol. The van der Waals surface area contributed by atoms with Crippen molar-refractivity contribution in [2.75, 3.05) is 6.26 Å². The van der Waals surface area contributed by atoms with Crippen molar-refractivity contribution in [3.63, 3.8) is 0 Å². The van der Waals surface area contributed by atoms with Crippen LogP contribution >= 0.6 is 0 Å². The molecule has 0 saturated carbocycles. The van der Waals surface area contributed by atoms with Crippen molar-refractivity contribution in [3.8, 4) is 0 Å². The summed E-state index contributed by atoms with van der Waals surface area (Å²) in [7, 11) is -4.25. The van der Waals surface area contributed by atoms with E-state index in [4.69, 9.17) is 0 Å². The summed E-state index contributed by atoms with van der Waals surface area (Å²) < 4.78 is 46.5. The van der Waals surface area contributed by atoms with E-state index < -0.39 is 21.0 Å². The van der Waals surface area contributed by atoms with Crippen LogP contribution in [0.3, 0.4) is 0 Å². The minimum absolute atomic E-state index is 0.153. The van der Waals surface area contributed by atoms with Crippen molar-refractivity contribution in [3.05, 3.63) is 0 Å². The molecule has 0 aromatic rings. The number of hydrogen-bond donors (Lipinski definition) is 0. The molecule has 1 atom stereocenters. The van der Waals surface area contributed by atoms with Gasteiger partial charge in [0.1, 0.15) is 0 Å². The molecule has 0 amide bonds. The van der Waals surface area contributed by atoms with Gasteiger partial charge in [0.25, 0.3) is 0 Å². The van der Waals surface area contributed by atoms with Crippen LogP contribution in [-0.4, -0.2) is 19.9 Å². The van der Waals surface area contributed by atoms with Crippen LogP contribution in [0.25, 0.3) is 0 Å². The Morgan fingerprint density at radius 1 is 1.45 bits per heavy atom. The maximum atomic E-state index is 12.7. The average Bonchev–Trinajstić information content (AvgIpc) is 1.83. The molecule has 5 heteroatoms. The summed E-state index contributed by atoms with van der Waals surface area (Å²) in [5.74, 6) is -1.11. The lowest BCUT2D eigenvalue weighted by Crippen LogP contribution is -2.34. The van der Waals surface area contributed by atoms with Crippen LogP contribution in [0.5, 0.6) is 0 Å². The molecular weight excluding hydrogens is 174 g/mol. The highest BCUT2D eigenvalue weighted by atomic mass is 32.2. The quantitative estimate of drug-likeness (QED) is 0.671. The van der Waals surface area contributed by atoms with Crippen molar-refractivity contribution < 1.29 is 17.2 Å². The van der Waals surface area contributed by atoms with Gasteiger partial charge >= 0.3 is 5.25 Å². The standard InChI is InChI=1S/C6H12F2O2S/c1-4-5(2)6(7,8)11(3,9)10/h5H,4H2,1-3H3. The normalized spacial score (nSPS) is 16.5. The van der Waals surface area contributed by atoms with Crippen LogP contribution in [0.2, 0.25) is 0 Å². The summed E-state index contributed by atoms with van der Waals surface area (Å²) in [5.41, 5.74) is 0. The third kappa shape index (κ3) is 2.12. The van der Waals surface area contributed by atoms with Gasteiger partial charge in [0, 0.05) is 12.2 Å². The molecule has 0 aliphatic carbocycles. The van der Waals surface area contributed by atoms with E-state index in [1.54, 1.807) is 0 Å². The van der Waals surface area contributed by atoms with Crippen LogP contribution in [-0.2, 0) is 9.84 Å². The molecule has 0 aromatic heterocycles. The molecule has 0 spiro atoms. The molecule has 0 fully saturated rings. The first kappa shape index (κ1) is 10.8. The minimum Gasteiger partial charge on any atom is -0.223 e. The van der Waals surface area contributed by atoms with Crippen LogP contribution in [0.15, 0.2) is 0 Å². The van der Waals surface area contributed by atoms with Gasteiger partial charge in [0.2, 0.25) is 9.84 Å². The average molecular weight is 186 g/mol. The summed E-state index contributed by atoms with van der Waals surface area (Å²) in [6.07, 6.45) is 0.708. The van der Waals surface area contributed by atoms with Gasteiger partial charge in [-0.25, -0.2) is 8.42 Å². The molecule has 0 aliphatic heterocycles. The monoisotopic (exact) mass is 186 g/mol. The fourth-order valence-corrected chi connectivity index (χ4v) is 1.50. The third-order valence-corrected chi connectivity index (χ3v) is 3.07. The minimum atomic E-state index is -4.25. The van der Waals surface area contributed by atoms with Crippen LogP contribution in [0.1, 0.15) is 20.3 Å². The Labute approximate surface area is 65.5 Å². The van der Waals surface area contributed by atoms with E-state index in [1.165, 1.54) is 13.8 Å². The smallest absolute Gasteiger partial charge is 0.223 e. The van der Waals surface area contributed by atoms with Gasteiger partial charge in [-0.15, -0.1) is 0 Å². The van der Waals surface area contributed by atoms with Gasteiger partial charge in [-0.05, 0) is 6.42 Å². The molecule has 0 bridgehead atoms. The first-order valence-corrected chi connectivity index (χ1v) is 5.20. The lowest BCUT2D eigenvalue weighted by atomic mass is 10.1. The number of hydrogen-bond acceptors (Lipinski definition) is 2.